The highest BCUT2D eigenvalue weighted by Crippen LogP contribution is 2.48. The van der Waals surface area contributed by atoms with Gasteiger partial charge in [-0.25, -0.2) is 8.42 Å². The molecule has 1 heterocycles. The van der Waals surface area contributed by atoms with E-state index >= 15 is 0 Å². The van der Waals surface area contributed by atoms with Crippen molar-refractivity contribution in [2.24, 2.45) is 0 Å². The van der Waals surface area contributed by atoms with E-state index in [1.165, 1.54) is 6.92 Å². The van der Waals surface area contributed by atoms with Gasteiger partial charge in [0, 0.05) is 5.33 Å². The number of hydrogen-bond acceptors (Lipinski definition) is 9. The number of Topliss-reactive ketones (excluding diaryl/α,β-unsaturated/α-hetero) is 1. The molecule has 1 fully saturated rings. The zero-order chi connectivity index (χ0) is 27.9. The standard InChI is InChI=1S/C27H35BrO9S/c1-6-10-36-27-24(35-11-9-28)14-19(15-25(27)38(30,31)16-17(2)29)21-8-7-20(37-21)18-12-22(32-3)26(34-5)23(13-18)33-4/h12-15,20-21H,6-11,16H2,1-5H3/t20-,21-/m0/s1. The van der Waals surface area contributed by atoms with E-state index in [9.17, 15) is 13.2 Å². The van der Waals surface area contributed by atoms with Crippen molar-refractivity contribution < 1.29 is 41.6 Å². The van der Waals surface area contributed by atoms with Crippen LogP contribution >= 0.6 is 15.9 Å². The van der Waals surface area contributed by atoms with E-state index in [-0.39, 0.29) is 16.7 Å². The van der Waals surface area contributed by atoms with Crippen LogP contribution in [0.15, 0.2) is 29.2 Å². The molecule has 3 rings (SSSR count). The molecule has 0 N–H and O–H groups in total. The zero-order valence-electron chi connectivity index (χ0n) is 22.4. The van der Waals surface area contributed by atoms with Crippen LogP contribution in [0.5, 0.6) is 28.7 Å². The fourth-order valence-electron chi connectivity index (χ4n) is 4.38. The van der Waals surface area contributed by atoms with Gasteiger partial charge in [0.25, 0.3) is 0 Å². The van der Waals surface area contributed by atoms with Crippen LogP contribution in [0.1, 0.15) is 56.4 Å². The predicted molar refractivity (Wildman–Crippen MR) is 146 cm³/mol. The summed E-state index contributed by atoms with van der Waals surface area (Å²) in [5.41, 5.74) is 1.49. The maximum Gasteiger partial charge on any atom is 0.203 e. The monoisotopic (exact) mass is 614 g/mol. The normalized spacial score (nSPS) is 17.2. The summed E-state index contributed by atoms with van der Waals surface area (Å²) in [5.74, 6) is 0.874. The average Bonchev–Trinajstić information content (AvgIpc) is 3.39. The van der Waals surface area contributed by atoms with Gasteiger partial charge in [-0.2, -0.15) is 0 Å². The van der Waals surface area contributed by atoms with Gasteiger partial charge in [-0.15, -0.1) is 0 Å². The summed E-state index contributed by atoms with van der Waals surface area (Å²) >= 11 is 3.34. The number of alkyl halides is 1. The SMILES string of the molecule is CCCOc1c(OCCBr)cc([C@@H]2CC[C@@H](c3cc(OC)c(OC)c(OC)c3)O2)cc1S(=O)(=O)CC(C)=O. The fourth-order valence-corrected chi connectivity index (χ4v) is 5.99. The molecule has 2 aromatic rings. The number of benzene rings is 2. The van der Waals surface area contributed by atoms with Gasteiger partial charge in [-0.3, -0.25) is 4.79 Å². The number of halogens is 1. The molecule has 1 saturated heterocycles. The molecular formula is C27H35BrO9S. The van der Waals surface area contributed by atoms with E-state index < -0.39 is 27.5 Å². The first-order chi connectivity index (χ1) is 18.2. The molecular weight excluding hydrogens is 580 g/mol. The highest BCUT2D eigenvalue weighted by Gasteiger charge is 2.33. The highest BCUT2D eigenvalue weighted by molar-refractivity contribution is 9.09. The van der Waals surface area contributed by atoms with Crippen LogP contribution in [0.3, 0.4) is 0 Å². The van der Waals surface area contributed by atoms with E-state index in [1.807, 2.05) is 19.1 Å². The van der Waals surface area contributed by atoms with Gasteiger partial charge in [-0.05, 0) is 61.6 Å². The Morgan fingerprint density at radius 1 is 0.895 bits per heavy atom. The third-order valence-corrected chi connectivity index (χ3v) is 8.09. The predicted octanol–water partition coefficient (Wildman–Crippen LogP) is 5.23. The minimum atomic E-state index is -3.98. The molecule has 0 aromatic heterocycles. The summed E-state index contributed by atoms with van der Waals surface area (Å²) in [4.78, 5) is 11.7. The molecule has 0 radical (unpaired) electrons. The lowest BCUT2D eigenvalue weighted by Crippen LogP contribution is -2.16. The van der Waals surface area contributed by atoms with E-state index in [0.29, 0.717) is 66.4 Å². The molecule has 0 unspecified atom stereocenters. The van der Waals surface area contributed by atoms with Crippen LogP contribution in [0.25, 0.3) is 0 Å². The number of sulfone groups is 1. The van der Waals surface area contributed by atoms with Crippen LogP contribution in [-0.4, -0.2) is 59.8 Å². The molecule has 1 aliphatic heterocycles. The Labute approximate surface area is 232 Å². The van der Waals surface area contributed by atoms with Gasteiger partial charge < -0.3 is 28.4 Å². The van der Waals surface area contributed by atoms with E-state index in [2.05, 4.69) is 15.9 Å². The molecule has 38 heavy (non-hydrogen) atoms. The quantitative estimate of drug-likeness (QED) is 0.264. The molecule has 2 atom stereocenters. The third-order valence-electron chi connectivity index (χ3n) is 6.01. The van der Waals surface area contributed by atoms with Crippen molar-refractivity contribution in [1.29, 1.82) is 0 Å². The third kappa shape index (κ3) is 6.92. The minimum absolute atomic E-state index is 0.0666. The lowest BCUT2D eigenvalue weighted by atomic mass is 10.0. The molecule has 0 spiro atoms. The van der Waals surface area contributed by atoms with E-state index in [1.54, 1.807) is 33.5 Å². The number of carbonyl (C=O) groups is 1. The van der Waals surface area contributed by atoms with Crippen LogP contribution in [-0.2, 0) is 19.4 Å². The number of ketones is 1. The average molecular weight is 616 g/mol. The highest BCUT2D eigenvalue weighted by atomic mass is 79.9. The van der Waals surface area contributed by atoms with Crippen molar-refractivity contribution >= 4 is 31.6 Å². The second kappa shape index (κ2) is 13.5. The van der Waals surface area contributed by atoms with Crippen molar-refractivity contribution in [3.05, 3.63) is 35.4 Å². The van der Waals surface area contributed by atoms with E-state index in [4.69, 9.17) is 28.4 Å². The Morgan fingerprint density at radius 3 is 1.97 bits per heavy atom. The van der Waals surface area contributed by atoms with Gasteiger partial charge in [0.05, 0.1) is 46.8 Å². The summed E-state index contributed by atoms with van der Waals surface area (Å²) in [7, 11) is 0.673. The second-order valence-corrected chi connectivity index (χ2v) is 11.6. The minimum Gasteiger partial charge on any atom is -0.493 e. The topological polar surface area (TPSA) is 107 Å². The molecule has 11 heteroatoms. The van der Waals surface area contributed by atoms with Gasteiger partial charge in [-0.1, -0.05) is 22.9 Å². The molecule has 0 amide bonds. The van der Waals surface area contributed by atoms with Crippen LogP contribution < -0.4 is 23.7 Å². The summed E-state index contributed by atoms with van der Waals surface area (Å²) in [6, 6.07) is 7.02. The Hall–Kier alpha value is -2.50. The lowest BCUT2D eigenvalue weighted by Gasteiger charge is -2.21. The van der Waals surface area contributed by atoms with Crippen molar-refractivity contribution in [2.45, 2.75) is 50.2 Å². The molecule has 9 nitrogen and oxygen atoms in total. The number of hydrogen-bond donors (Lipinski definition) is 0. The summed E-state index contributed by atoms with van der Waals surface area (Å²) in [6.45, 7) is 3.78. The summed E-state index contributed by atoms with van der Waals surface area (Å²) in [5, 5.41) is 0.545. The Kier molecular flexibility index (Phi) is 10.7. The second-order valence-electron chi connectivity index (χ2n) is 8.84. The van der Waals surface area contributed by atoms with Gasteiger partial charge >= 0.3 is 0 Å². The number of ether oxygens (including phenoxy) is 6. The first-order valence-corrected chi connectivity index (χ1v) is 15.1. The maximum absolute atomic E-state index is 13.3. The van der Waals surface area contributed by atoms with Gasteiger partial charge in [0.15, 0.2) is 32.8 Å². The number of carbonyl (C=O) groups excluding carboxylic acids is 1. The summed E-state index contributed by atoms with van der Waals surface area (Å²) < 4.78 is 61.1. The number of rotatable bonds is 14. The Bertz CT molecular complexity index is 1200. The van der Waals surface area contributed by atoms with Crippen molar-refractivity contribution in [3.63, 3.8) is 0 Å². The van der Waals surface area contributed by atoms with Crippen molar-refractivity contribution in [3.8, 4) is 28.7 Å². The molecule has 210 valence electrons. The van der Waals surface area contributed by atoms with Crippen LogP contribution in [0, 0.1) is 0 Å². The largest absolute Gasteiger partial charge is 0.493 e. The summed E-state index contributed by atoms with van der Waals surface area (Å²) in [6.07, 6.45) is 1.31. The molecule has 1 aliphatic rings. The van der Waals surface area contributed by atoms with Crippen molar-refractivity contribution in [2.75, 3.05) is 45.6 Å². The van der Waals surface area contributed by atoms with Crippen LogP contribution in [0.4, 0.5) is 0 Å². The van der Waals surface area contributed by atoms with Gasteiger partial charge in [0.1, 0.15) is 16.4 Å². The van der Waals surface area contributed by atoms with Crippen LogP contribution in [0.2, 0.25) is 0 Å². The molecule has 0 aliphatic carbocycles. The Morgan fingerprint density at radius 2 is 1.47 bits per heavy atom. The van der Waals surface area contributed by atoms with Crippen molar-refractivity contribution in [1.82, 2.24) is 0 Å². The number of methoxy groups -OCH3 is 3. The van der Waals surface area contributed by atoms with E-state index in [0.717, 1.165) is 5.56 Å². The molecule has 0 bridgehead atoms. The first-order valence-electron chi connectivity index (χ1n) is 12.4. The maximum atomic E-state index is 13.3. The lowest BCUT2D eigenvalue weighted by molar-refractivity contribution is -0.114. The Balaban J connectivity index is 2.03. The van der Waals surface area contributed by atoms with Gasteiger partial charge in [0.2, 0.25) is 5.75 Å². The molecule has 0 saturated carbocycles. The fraction of sp³-hybridized carbons (Fsp3) is 0.519. The molecule has 2 aromatic carbocycles. The smallest absolute Gasteiger partial charge is 0.203 e. The zero-order valence-corrected chi connectivity index (χ0v) is 24.8. The first kappa shape index (κ1) is 30.0.